The van der Waals surface area contributed by atoms with Gasteiger partial charge in [0.15, 0.2) is 11.4 Å². The van der Waals surface area contributed by atoms with Crippen molar-refractivity contribution in [2.45, 2.75) is 40.2 Å². The fraction of sp³-hybridized carbons (Fsp3) is 0.364. The molecule has 1 amide bonds. The van der Waals surface area contributed by atoms with Crippen molar-refractivity contribution in [1.82, 2.24) is 14.7 Å². The second-order valence-corrected chi connectivity index (χ2v) is 7.98. The van der Waals surface area contributed by atoms with Crippen LogP contribution in [-0.2, 0) is 6.61 Å². The quantitative estimate of drug-likeness (QED) is 0.487. The van der Waals surface area contributed by atoms with Crippen LogP contribution in [0.4, 0.5) is 8.78 Å². The van der Waals surface area contributed by atoms with Crippen molar-refractivity contribution in [2.24, 2.45) is 5.92 Å². The van der Waals surface area contributed by atoms with Gasteiger partial charge in [-0.15, -0.1) is 0 Å². The summed E-state index contributed by atoms with van der Waals surface area (Å²) in [6.07, 6.45) is 3.46. The van der Waals surface area contributed by atoms with Crippen LogP contribution in [0.25, 0.3) is 5.65 Å². The van der Waals surface area contributed by atoms with E-state index in [2.05, 4.69) is 24.1 Å². The molecule has 0 fully saturated rings. The first-order chi connectivity index (χ1) is 14.3. The molecular weight excluding hydrogens is 412 g/mol. The van der Waals surface area contributed by atoms with Crippen molar-refractivity contribution >= 4 is 23.2 Å². The number of fused-ring (bicyclic) bond motifs is 1. The Morgan fingerprint density at radius 1 is 1.30 bits per heavy atom. The smallest absolute Gasteiger partial charge is 0.270 e. The van der Waals surface area contributed by atoms with Gasteiger partial charge in [-0.2, -0.15) is 0 Å². The lowest BCUT2D eigenvalue weighted by Crippen LogP contribution is -2.26. The number of carbonyl (C=O) groups is 1. The van der Waals surface area contributed by atoms with Crippen LogP contribution in [0.2, 0.25) is 5.02 Å². The number of nitrogens with zero attached hydrogens (tertiary/aromatic N) is 2. The van der Waals surface area contributed by atoms with Gasteiger partial charge in [-0.25, -0.2) is 13.8 Å². The Hall–Kier alpha value is -2.67. The van der Waals surface area contributed by atoms with Crippen molar-refractivity contribution in [3.05, 3.63) is 64.1 Å². The maximum absolute atomic E-state index is 13.9. The molecule has 0 saturated heterocycles. The number of ether oxygens (including phenoxy) is 1. The molecule has 0 spiro atoms. The van der Waals surface area contributed by atoms with E-state index in [-0.39, 0.29) is 23.8 Å². The molecule has 0 bridgehead atoms. The maximum Gasteiger partial charge on any atom is 0.270 e. The SMILES string of the molecule is Cc1nc2c(OCc3c(F)cccc3F)cc(Cl)cn2c1C(=O)NCCCC(C)C. The minimum absolute atomic E-state index is 0.193. The zero-order valence-corrected chi connectivity index (χ0v) is 17.9. The van der Waals surface area contributed by atoms with Gasteiger partial charge >= 0.3 is 0 Å². The number of halogens is 3. The molecule has 8 heteroatoms. The molecule has 1 N–H and O–H groups in total. The van der Waals surface area contributed by atoms with Crippen molar-refractivity contribution < 1.29 is 18.3 Å². The summed E-state index contributed by atoms with van der Waals surface area (Å²) < 4.78 is 35.0. The fourth-order valence-electron chi connectivity index (χ4n) is 3.19. The second-order valence-electron chi connectivity index (χ2n) is 7.54. The number of aryl methyl sites for hydroxylation is 1. The third-order valence-electron chi connectivity index (χ3n) is 4.72. The van der Waals surface area contributed by atoms with Crippen LogP contribution in [-0.4, -0.2) is 21.8 Å². The third kappa shape index (κ3) is 4.90. The first-order valence-corrected chi connectivity index (χ1v) is 10.2. The number of imidazole rings is 1. The molecule has 0 saturated carbocycles. The highest BCUT2D eigenvalue weighted by Gasteiger charge is 2.20. The number of benzene rings is 1. The Morgan fingerprint density at radius 3 is 2.67 bits per heavy atom. The first-order valence-electron chi connectivity index (χ1n) is 9.80. The Kier molecular flexibility index (Phi) is 6.92. The zero-order chi connectivity index (χ0) is 21.8. The number of rotatable bonds is 8. The van der Waals surface area contributed by atoms with E-state index >= 15 is 0 Å². The molecule has 0 aliphatic carbocycles. The van der Waals surface area contributed by atoms with E-state index in [1.165, 1.54) is 12.1 Å². The first kappa shape index (κ1) is 22.0. The summed E-state index contributed by atoms with van der Waals surface area (Å²) in [4.78, 5) is 17.1. The number of hydrogen-bond acceptors (Lipinski definition) is 3. The normalized spacial score (nSPS) is 11.3. The molecule has 0 unspecified atom stereocenters. The van der Waals surface area contributed by atoms with E-state index < -0.39 is 11.6 Å². The van der Waals surface area contributed by atoms with Gasteiger partial charge < -0.3 is 10.1 Å². The summed E-state index contributed by atoms with van der Waals surface area (Å²) in [7, 11) is 0. The van der Waals surface area contributed by atoms with Crippen LogP contribution in [0.15, 0.2) is 30.5 Å². The van der Waals surface area contributed by atoms with Crippen molar-refractivity contribution in [3.8, 4) is 5.75 Å². The van der Waals surface area contributed by atoms with Gasteiger partial charge in [0, 0.05) is 18.8 Å². The van der Waals surface area contributed by atoms with Crippen LogP contribution in [0, 0.1) is 24.5 Å². The van der Waals surface area contributed by atoms with Crippen LogP contribution in [0.3, 0.4) is 0 Å². The predicted octanol–water partition coefficient (Wildman–Crippen LogP) is 5.32. The Labute approximate surface area is 179 Å². The third-order valence-corrected chi connectivity index (χ3v) is 4.93. The molecule has 0 aliphatic heterocycles. The highest BCUT2D eigenvalue weighted by molar-refractivity contribution is 6.30. The highest BCUT2D eigenvalue weighted by atomic mass is 35.5. The average molecular weight is 436 g/mol. The molecule has 3 aromatic rings. The van der Waals surface area contributed by atoms with E-state index in [1.807, 2.05) is 0 Å². The predicted molar refractivity (Wildman–Crippen MR) is 112 cm³/mol. The molecule has 2 heterocycles. The molecule has 2 aromatic heterocycles. The topological polar surface area (TPSA) is 55.6 Å². The second kappa shape index (κ2) is 9.43. The number of pyridine rings is 1. The van der Waals surface area contributed by atoms with Crippen molar-refractivity contribution in [1.29, 1.82) is 0 Å². The molecule has 160 valence electrons. The standard InChI is InChI=1S/C22H24ClF2N3O2/c1-13(2)6-5-9-26-22(29)20-14(3)27-21-19(10-15(23)11-28(20)21)30-12-16-17(24)7-4-8-18(16)25/h4,7-8,10-11,13H,5-6,9,12H2,1-3H3,(H,26,29). The summed E-state index contributed by atoms with van der Waals surface area (Å²) in [5.41, 5.74) is 1.00. The lowest BCUT2D eigenvalue weighted by Gasteiger charge is -2.11. The lowest BCUT2D eigenvalue weighted by atomic mass is 10.1. The number of nitrogens with one attached hydrogen (secondary N) is 1. The Bertz CT molecular complexity index is 1050. The van der Waals surface area contributed by atoms with E-state index in [9.17, 15) is 13.6 Å². The van der Waals surface area contributed by atoms with E-state index in [1.54, 1.807) is 17.5 Å². The minimum Gasteiger partial charge on any atom is -0.485 e. The Morgan fingerprint density at radius 2 is 2.00 bits per heavy atom. The number of carbonyl (C=O) groups excluding carboxylic acids is 1. The molecule has 0 atom stereocenters. The van der Waals surface area contributed by atoms with Crippen LogP contribution in [0.1, 0.15) is 48.4 Å². The number of amides is 1. The van der Waals surface area contributed by atoms with E-state index in [0.717, 1.165) is 25.0 Å². The molecule has 3 rings (SSSR count). The van der Waals surface area contributed by atoms with Gasteiger partial charge in [0.05, 0.1) is 16.3 Å². The lowest BCUT2D eigenvalue weighted by molar-refractivity contribution is 0.0946. The molecule has 0 radical (unpaired) electrons. The van der Waals surface area contributed by atoms with Crippen LogP contribution in [0.5, 0.6) is 5.75 Å². The van der Waals surface area contributed by atoms with E-state index in [4.69, 9.17) is 16.3 Å². The zero-order valence-electron chi connectivity index (χ0n) is 17.1. The largest absolute Gasteiger partial charge is 0.485 e. The molecule has 30 heavy (non-hydrogen) atoms. The molecule has 0 aliphatic rings. The van der Waals surface area contributed by atoms with Gasteiger partial charge in [-0.1, -0.05) is 31.5 Å². The molecule has 5 nitrogen and oxygen atoms in total. The number of hydrogen-bond donors (Lipinski definition) is 1. The molecule has 1 aromatic carbocycles. The van der Waals surface area contributed by atoms with Crippen LogP contribution >= 0.6 is 11.6 Å². The van der Waals surface area contributed by atoms with Crippen molar-refractivity contribution in [2.75, 3.05) is 6.54 Å². The number of aromatic nitrogens is 2. The molecular formula is C22H24ClF2N3O2. The van der Waals surface area contributed by atoms with Gasteiger partial charge in [-0.3, -0.25) is 9.20 Å². The maximum atomic E-state index is 13.9. The monoisotopic (exact) mass is 435 g/mol. The highest BCUT2D eigenvalue weighted by Crippen LogP contribution is 2.28. The van der Waals surface area contributed by atoms with E-state index in [0.29, 0.717) is 34.5 Å². The van der Waals surface area contributed by atoms with Gasteiger partial charge in [0.25, 0.3) is 5.91 Å². The van der Waals surface area contributed by atoms with Crippen molar-refractivity contribution in [3.63, 3.8) is 0 Å². The summed E-state index contributed by atoms with van der Waals surface area (Å²) in [5.74, 6) is -0.871. The van der Waals surface area contributed by atoms with Crippen LogP contribution < -0.4 is 10.1 Å². The van der Waals surface area contributed by atoms with Gasteiger partial charge in [0.1, 0.15) is 23.9 Å². The summed E-state index contributed by atoms with van der Waals surface area (Å²) in [6, 6.07) is 5.12. The summed E-state index contributed by atoms with van der Waals surface area (Å²) >= 11 is 6.21. The Balaban J connectivity index is 1.85. The summed E-state index contributed by atoms with van der Waals surface area (Å²) in [6.45, 7) is 6.20. The fourth-order valence-corrected chi connectivity index (χ4v) is 3.39. The van der Waals surface area contributed by atoms with Gasteiger partial charge in [-0.05, 0) is 37.8 Å². The average Bonchev–Trinajstić information content (AvgIpc) is 3.00. The minimum atomic E-state index is -0.700. The van der Waals surface area contributed by atoms with Gasteiger partial charge in [0.2, 0.25) is 0 Å². The summed E-state index contributed by atoms with van der Waals surface area (Å²) in [5, 5.41) is 3.21.